The zero-order chi connectivity index (χ0) is 27.1. The van der Waals surface area contributed by atoms with Crippen LogP contribution >= 0.6 is 0 Å². The Bertz CT molecular complexity index is 1480. The molecule has 5 rings (SSSR count). The van der Waals surface area contributed by atoms with Gasteiger partial charge in [0.25, 0.3) is 0 Å². The molecule has 1 aliphatic heterocycles. The molecule has 1 saturated carbocycles. The molecule has 202 valence electrons. The number of hydrogen-bond donors (Lipinski definition) is 1. The fraction of sp³-hybridized carbons (Fsp3) is 0.385. The predicted octanol–water partition coefficient (Wildman–Crippen LogP) is 2.92. The third-order valence-electron chi connectivity index (χ3n) is 6.98. The number of rotatable bonds is 8. The van der Waals surface area contributed by atoms with Gasteiger partial charge in [-0.25, -0.2) is 17.2 Å². The Hall–Kier alpha value is -3.51. The summed E-state index contributed by atoms with van der Waals surface area (Å²) in [6.07, 6.45) is 3.37. The standard InChI is InChI=1S/C26H29F2N5O4S/c1-26(6-7-26)17-37-24-23(15-30-33(25(24)34)22-13-19(27)12-20(28)14-22)31-8-10-32(11-9-31)38(35,36)16-18-2-4-21(29)5-3-18/h2-5,12-15H,6-11,16-17,29H2,1H3. The largest absolute Gasteiger partial charge is 0.486 e. The van der Waals surface area contributed by atoms with E-state index in [-0.39, 0.29) is 35.7 Å². The molecule has 9 nitrogen and oxygen atoms in total. The molecule has 0 radical (unpaired) electrons. The van der Waals surface area contributed by atoms with Crippen molar-refractivity contribution in [3.8, 4) is 11.4 Å². The summed E-state index contributed by atoms with van der Waals surface area (Å²) in [6, 6.07) is 9.48. The van der Waals surface area contributed by atoms with Crippen molar-refractivity contribution in [2.45, 2.75) is 25.5 Å². The van der Waals surface area contributed by atoms with Crippen LogP contribution in [0, 0.1) is 17.0 Å². The lowest BCUT2D eigenvalue weighted by Crippen LogP contribution is -2.49. The topological polar surface area (TPSA) is 111 Å². The molecule has 3 aromatic rings. The number of piperazine rings is 1. The molecule has 1 aliphatic carbocycles. The van der Waals surface area contributed by atoms with E-state index in [0.717, 1.165) is 35.7 Å². The molecule has 38 heavy (non-hydrogen) atoms. The van der Waals surface area contributed by atoms with Crippen LogP contribution in [0.25, 0.3) is 5.69 Å². The van der Waals surface area contributed by atoms with Gasteiger partial charge in [-0.3, -0.25) is 4.79 Å². The zero-order valence-electron chi connectivity index (χ0n) is 20.9. The van der Waals surface area contributed by atoms with Crippen LogP contribution in [0.1, 0.15) is 25.3 Å². The molecule has 2 fully saturated rings. The number of ether oxygens (including phenoxy) is 1. The summed E-state index contributed by atoms with van der Waals surface area (Å²) >= 11 is 0. The van der Waals surface area contributed by atoms with E-state index in [1.54, 1.807) is 24.3 Å². The van der Waals surface area contributed by atoms with E-state index in [0.29, 0.717) is 36.6 Å². The number of nitrogens with two attached hydrogens (primary N) is 1. The van der Waals surface area contributed by atoms with Crippen molar-refractivity contribution in [1.29, 1.82) is 0 Å². The zero-order valence-corrected chi connectivity index (χ0v) is 21.8. The van der Waals surface area contributed by atoms with Gasteiger partial charge >= 0.3 is 5.56 Å². The van der Waals surface area contributed by atoms with Crippen molar-refractivity contribution in [1.82, 2.24) is 14.1 Å². The summed E-state index contributed by atoms with van der Waals surface area (Å²) in [5.41, 5.74) is 6.59. The maximum absolute atomic E-state index is 13.8. The normalized spacial score (nSPS) is 17.4. The van der Waals surface area contributed by atoms with Crippen LogP contribution in [0.15, 0.2) is 53.5 Å². The number of anilines is 2. The maximum atomic E-state index is 13.8. The van der Waals surface area contributed by atoms with Gasteiger partial charge in [-0.2, -0.15) is 14.1 Å². The highest BCUT2D eigenvalue weighted by atomic mass is 32.2. The maximum Gasteiger partial charge on any atom is 0.316 e. The van der Waals surface area contributed by atoms with Crippen molar-refractivity contribution in [3.05, 3.63) is 76.2 Å². The summed E-state index contributed by atoms with van der Waals surface area (Å²) in [5, 5.41) is 4.16. The quantitative estimate of drug-likeness (QED) is 0.434. The Kier molecular flexibility index (Phi) is 6.86. The van der Waals surface area contributed by atoms with Gasteiger partial charge < -0.3 is 15.4 Å². The predicted molar refractivity (Wildman–Crippen MR) is 140 cm³/mol. The Labute approximate surface area is 219 Å². The lowest BCUT2D eigenvalue weighted by atomic mass is 10.2. The number of benzene rings is 2. The van der Waals surface area contributed by atoms with E-state index >= 15 is 0 Å². The molecule has 0 unspecified atom stereocenters. The SMILES string of the molecule is CC1(COc2c(N3CCN(S(=O)(=O)Cc4ccc(N)cc4)CC3)cnn(-c3cc(F)cc(F)c3)c2=O)CC1. The molecule has 0 spiro atoms. The molecule has 0 atom stereocenters. The molecule has 1 aromatic heterocycles. The van der Waals surface area contributed by atoms with Crippen LogP contribution < -0.4 is 20.9 Å². The highest BCUT2D eigenvalue weighted by Crippen LogP contribution is 2.45. The van der Waals surface area contributed by atoms with Crippen LogP contribution in [0.4, 0.5) is 20.2 Å². The minimum absolute atomic E-state index is 0.0241. The molecule has 2 aromatic carbocycles. The molecule has 0 amide bonds. The van der Waals surface area contributed by atoms with Gasteiger partial charge in [0, 0.05) is 43.3 Å². The van der Waals surface area contributed by atoms with E-state index in [1.165, 1.54) is 10.5 Å². The number of hydrogen-bond acceptors (Lipinski definition) is 7. The van der Waals surface area contributed by atoms with Crippen molar-refractivity contribution in [2.24, 2.45) is 5.41 Å². The molecule has 1 saturated heterocycles. The van der Waals surface area contributed by atoms with E-state index in [1.807, 2.05) is 4.90 Å². The minimum atomic E-state index is -3.56. The highest BCUT2D eigenvalue weighted by Gasteiger charge is 2.39. The number of halogens is 2. The van der Waals surface area contributed by atoms with Crippen LogP contribution in [-0.4, -0.2) is 55.3 Å². The Morgan fingerprint density at radius 3 is 2.26 bits per heavy atom. The molecular weight excluding hydrogens is 516 g/mol. The van der Waals surface area contributed by atoms with Gasteiger partial charge in [-0.05, 0) is 42.7 Å². The van der Waals surface area contributed by atoms with Crippen molar-refractivity contribution < 1.29 is 21.9 Å². The molecule has 2 N–H and O–H groups in total. The minimum Gasteiger partial charge on any atom is -0.486 e. The van der Waals surface area contributed by atoms with Gasteiger partial charge in [0.2, 0.25) is 15.8 Å². The Morgan fingerprint density at radius 1 is 1.03 bits per heavy atom. The van der Waals surface area contributed by atoms with Crippen LogP contribution in [0.5, 0.6) is 5.75 Å². The first-order valence-electron chi connectivity index (χ1n) is 12.3. The third-order valence-corrected chi connectivity index (χ3v) is 8.83. The molecule has 0 bridgehead atoms. The van der Waals surface area contributed by atoms with E-state index < -0.39 is 27.2 Å². The number of nitrogens with zero attached hydrogens (tertiary/aromatic N) is 4. The van der Waals surface area contributed by atoms with Crippen molar-refractivity contribution in [3.63, 3.8) is 0 Å². The van der Waals surface area contributed by atoms with Gasteiger partial charge in [0.15, 0.2) is 0 Å². The van der Waals surface area contributed by atoms with Crippen LogP contribution in [-0.2, 0) is 15.8 Å². The highest BCUT2D eigenvalue weighted by molar-refractivity contribution is 7.88. The average molecular weight is 546 g/mol. The lowest BCUT2D eigenvalue weighted by molar-refractivity contribution is 0.242. The second-order valence-corrected chi connectivity index (χ2v) is 12.2. The summed E-state index contributed by atoms with van der Waals surface area (Å²) < 4.78 is 62.0. The third kappa shape index (κ3) is 5.65. The van der Waals surface area contributed by atoms with Gasteiger partial charge in [0.05, 0.1) is 24.2 Å². The Morgan fingerprint density at radius 2 is 1.66 bits per heavy atom. The number of aromatic nitrogens is 2. The van der Waals surface area contributed by atoms with E-state index in [9.17, 15) is 22.0 Å². The monoisotopic (exact) mass is 545 g/mol. The van der Waals surface area contributed by atoms with Crippen molar-refractivity contribution in [2.75, 3.05) is 43.4 Å². The molecule has 2 heterocycles. The molecule has 12 heteroatoms. The average Bonchev–Trinajstić information content (AvgIpc) is 3.61. The summed E-state index contributed by atoms with van der Waals surface area (Å²) in [4.78, 5) is 15.3. The fourth-order valence-corrected chi connectivity index (χ4v) is 5.88. The molecular formula is C26H29F2N5O4S. The smallest absolute Gasteiger partial charge is 0.316 e. The van der Waals surface area contributed by atoms with Gasteiger partial charge in [0.1, 0.15) is 17.3 Å². The first-order valence-corrected chi connectivity index (χ1v) is 13.9. The van der Waals surface area contributed by atoms with Gasteiger partial charge in [-0.1, -0.05) is 19.1 Å². The first-order chi connectivity index (χ1) is 18.0. The lowest BCUT2D eigenvalue weighted by Gasteiger charge is -2.35. The van der Waals surface area contributed by atoms with E-state index in [4.69, 9.17) is 10.5 Å². The summed E-state index contributed by atoms with van der Waals surface area (Å²) in [5.74, 6) is -1.78. The van der Waals surface area contributed by atoms with Gasteiger partial charge in [-0.15, -0.1) is 0 Å². The number of sulfonamides is 1. The molecule has 2 aliphatic rings. The summed E-state index contributed by atoms with van der Waals surface area (Å²) in [6.45, 7) is 3.42. The van der Waals surface area contributed by atoms with Crippen LogP contribution in [0.3, 0.4) is 0 Å². The Balaban J connectivity index is 1.38. The second-order valence-electron chi connectivity index (χ2n) is 10.2. The number of nitrogen functional groups attached to an aromatic ring is 1. The fourth-order valence-electron chi connectivity index (χ4n) is 4.36. The first kappa shape index (κ1) is 26.1. The van der Waals surface area contributed by atoms with E-state index in [2.05, 4.69) is 12.0 Å². The summed E-state index contributed by atoms with van der Waals surface area (Å²) in [7, 11) is -3.56. The second kappa shape index (κ2) is 9.99. The van der Waals surface area contributed by atoms with Crippen molar-refractivity contribution >= 4 is 21.4 Å². The van der Waals surface area contributed by atoms with Crippen LogP contribution in [0.2, 0.25) is 0 Å².